The maximum Gasteiger partial charge on any atom is 0.217 e. The van der Waals surface area contributed by atoms with Gasteiger partial charge in [-0.25, -0.2) is 9.37 Å². The summed E-state index contributed by atoms with van der Waals surface area (Å²) in [5, 5.41) is 0.615. The molecule has 0 aliphatic carbocycles. The van der Waals surface area contributed by atoms with E-state index in [-0.39, 0.29) is 12.4 Å². The topological polar surface area (TPSA) is 44.2 Å². The van der Waals surface area contributed by atoms with Crippen LogP contribution in [0, 0.1) is 5.82 Å². The number of halogens is 2. The number of aryl methyl sites for hydroxylation is 1. The number of hydrogen-bond acceptors (Lipinski definition) is 4. The second-order valence-corrected chi connectivity index (χ2v) is 6.08. The molecule has 4 nitrogen and oxygen atoms in total. The predicted molar refractivity (Wildman–Crippen MR) is 99.1 cm³/mol. The zero-order valence-corrected chi connectivity index (χ0v) is 15.3. The van der Waals surface area contributed by atoms with Crippen LogP contribution in [0.1, 0.15) is 18.2 Å². The molecule has 3 aromatic rings. The molecule has 0 bridgehead atoms. The van der Waals surface area contributed by atoms with Gasteiger partial charge in [-0.05, 0) is 36.2 Å². The summed E-state index contributed by atoms with van der Waals surface area (Å²) in [6, 6.07) is 13.8. The van der Waals surface area contributed by atoms with Crippen molar-refractivity contribution in [3.8, 4) is 23.0 Å². The van der Waals surface area contributed by atoms with E-state index in [0.717, 1.165) is 17.7 Å². The Hall–Kier alpha value is -2.66. The second kappa shape index (κ2) is 8.15. The minimum Gasteiger partial charge on any atom is -0.494 e. The van der Waals surface area contributed by atoms with Gasteiger partial charge in [0.2, 0.25) is 5.88 Å². The van der Waals surface area contributed by atoms with Gasteiger partial charge in [-0.2, -0.15) is 4.98 Å². The first-order valence-electron chi connectivity index (χ1n) is 8.18. The van der Waals surface area contributed by atoms with Gasteiger partial charge >= 0.3 is 0 Å². The SMILES string of the molecule is CCc1cc(OCc2ccc(OC)c(F)c2)nc(-c2cccc(Cl)c2)n1. The van der Waals surface area contributed by atoms with Crippen LogP contribution in [0.4, 0.5) is 4.39 Å². The molecule has 0 N–H and O–H groups in total. The third kappa shape index (κ3) is 4.29. The molecule has 0 fully saturated rings. The summed E-state index contributed by atoms with van der Waals surface area (Å²) in [6.45, 7) is 2.20. The minimum absolute atomic E-state index is 0.191. The highest BCUT2D eigenvalue weighted by Crippen LogP contribution is 2.23. The van der Waals surface area contributed by atoms with Crippen molar-refractivity contribution in [2.45, 2.75) is 20.0 Å². The molecular weight excluding hydrogens is 355 g/mol. The number of aromatic nitrogens is 2. The van der Waals surface area contributed by atoms with Crippen LogP contribution in [0.5, 0.6) is 11.6 Å². The number of rotatable bonds is 6. The molecule has 0 aliphatic rings. The summed E-state index contributed by atoms with van der Waals surface area (Å²) in [7, 11) is 1.43. The normalized spacial score (nSPS) is 10.6. The van der Waals surface area contributed by atoms with Gasteiger partial charge in [-0.3, -0.25) is 0 Å². The maximum absolute atomic E-state index is 13.8. The Morgan fingerprint density at radius 1 is 1.08 bits per heavy atom. The smallest absolute Gasteiger partial charge is 0.217 e. The van der Waals surface area contributed by atoms with E-state index in [9.17, 15) is 4.39 Å². The standard InChI is InChI=1S/C20H18ClFN2O2/c1-3-16-11-19(24-20(23-16)14-5-4-6-15(21)10-14)26-12-13-7-8-18(25-2)17(22)9-13/h4-11H,3,12H2,1-2H3. The molecule has 0 amide bonds. The number of ether oxygens (including phenoxy) is 2. The first-order valence-corrected chi connectivity index (χ1v) is 8.56. The van der Waals surface area contributed by atoms with Gasteiger partial charge in [0.05, 0.1) is 7.11 Å². The molecule has 1 aromatic heterocycles. The summed E-state index contributed by atoms with van der Waals surface area (Å²) >= 11 is 6.06. The van der Waals surface area contributed by atoms with Crippen molar-refractivity contribution in [3.05, 3.63) is 70.6 Å². The first-order chi connectivity index (χ1) is 12.6. The lowest BCUT2D eigenvalue weighted by molar-refractivity contribution is 0.292. The van der Waals surface area contributed by atoms with Crippen molar-refractivity contribution < 1.29 is 13.9 Å². The Labute approximate surface area is 156 Å². The number of methoxy groups -OCH3 is 1. The molecule has 1 heterocycles. The van der Waals surface area contributed by atoms with Gasteiger partial charge in [0.25, 0.3) is 0 Å². The van der Waals surface area contributed by atoms with Gasteiger partial charge in [0.15, 0.2) is 17.4 Å². The van der Waals surface area contributed by atoms with Crippen molar-refractivity contribution in [1.82, 2.24) is 9.97 Å². The molecule has 0 radical (unpaired) electrons. The van der Waals surface area contributed by atoms with Gasteiger partial charge < -0.3 is 9.47 Å². The quantitative estimate of drug-likeness (QED) is 0.604. The number of benzene rings is 2. The van der Waals surface area contributed by atoms with Crippen LogP contribution in [0.3, 0.4) is 0 Å². The number of nitrogens with zero attached hydrogens (tertiary/aromatic N) is 2. The average molecular weight is 373 g/mol. The average Bonchev–Trinajstić information content (AvgIpc) is 2.66. The fraction of sp³-hybridized carbons (Fsp3) is 0.200. The summed E-state index contributed by atoms with van der Waals surface area (Å²) in [5.74, 6) is 0.753. The van der Waals surface area contributed by atoms with Crippen molar-refractivity contribution in [3.63, 3.8) is 0 Å². The van der Waals surface area contributed by atoms with Gasteiger partial charge in [-0.15, -0.1) is 0 Å². The summed E-state index contributed by atoms with van der Waals surface area (Å²) in [6.07, 6.45) is 0.740. The highest BCUT2D eigenvalue weighted by Gasteiger charge is 2.09. The highest BCUT2D eigenvalue weighted by atomic mass is 35.5. The van der Waals surface area contributed by atoms with E-state index >= 15 is 0 Å². The molecule has 2 aromatic carbocycles. The van der Waals surface area contributed by atoms with Crippen LogP contribution >= 0.6 is 11.6 Å². The largest absolute Gasteiger partial charge is 0.494 e. The van der Waals surface area contributed by atoms with E-state index in [1.54, 1.807) is 30.3 Å². The van der Waals surface area contributed by atoms with Crippen LogP contribution in [-0.4, -0.2) is 17.1 Å². The summed E-state index contributed by atoms with van der Waals surface area (Å²) in [5.41, 5.74) is 2.35. The van der Waals surface area contributed by atoms with E-state index in [4.69, 9.17) is 21.1 Å². The Morgan fingerprint density at radius 2 is 1.92 bits per heavy atom. The van der Waals surface area contributed by atoms with Gasteiger partial charge in [0.1, 0.15) is 6.61 Å². The molecule has 26 heavy (non-hydrogen) atoms. The van der Waals surface area contributed by atoms with Crippen LogP contribution < -0.4 is 9.47 Å². The van der Waals surface area contributed by atoms with Crippen LogP contribution in [-0.2, 0) is 13.0 Å². The van der Waals surface area contributed by atoms with E-state index in [1.165, 1.54) is 13.2 Å². The van der Waals surface area contributed by atoms with Crippen LogP contribution in [0.2, 0.25) is 5.02 Å². The molecule has 134 valence electrons. The fourth-order valence-corrected chi connectivity index (χ4v) is 2.63. The third-order valence-electron chi connectivity index (χ3n) is 3.80. The Bertz CT molecular complexity index is 918. The Kier molecular flexibility index (Phi) is 5.68. The first kappa shape index (κ1) is 18.1. The second-order valence-electron chi connectivity index (χ2n) is 5.64. The van der Waals surface area contributed by atoms with Crippen molar-refractivity contribution in [2.24, 2.45) is 0 Å². The molecule has 3 rings (SSSR count). The van der Waals surface area contributed by atoms with Gasteiger partial charge in [-0.1, -0.05) is 36.7 Å². The lowest BCUT2D eigenvalue weighted by Gasteiger charge is -2.10. The predicted octanol–water partition coefficient (Wildman–Crippen LogP) is 5.09. The van der Waals surface area contributed by atoms with Gasteiger partial charge in [0, 0.05) is 22.3 Å². The zero-order valence-electron chi connectivity index (χ0n) is 14.5. The molecule has 0 aliphatic heterocycles. The summed E-state index contributed by atoms with van der Waals surface area (Å²) < 4.78 is 24.5. The maximum atomic E-state index is 13.8. The van der Waals surface area contributed by atoms with Crippen LogP contribution in [0.25, 0.3) is 11.4 Å². The molecule has 0 unspecified atom stereocenters. The van der Waals surface area contributed by atoms with Crippen molar-refractivity contribution in [2.75, 3.05) is 7.11 Å². The highest BCUT2D eigenvalue weighted by molar-refractivity contribution is 6.30. The van der Waals surface area contributed by atoms with E-state index in [2.05, 4.69) is 9.97 Å². The molecule has 0 spiro atoms. The lowest BCUT2D eigenvalue weighted by atomic mass is 10.2. The number of hydrogen-bond donors (Lipinski definition) is 0. The van der Waals surface area contributed by atoms with E-state index in [0.29, 0.717) is 22.3 Å². The Balaban J connectivity index is 1.83. The summed E-state index contributed by atoms with van der Waals surface area (Å²) in [4.78, 5) is 8.98. The zero-order chi connectivity index (χ0) is 18.5. The molecule has 0 saturated carbocycles. The lowest BCUT2D eigenvalue weighted by Crippen LogP contribution is -2.02. The van der Waals surface area contributed by atoms with Crippen molar-refractivity contribution in [1.29, 1.82) is 0 Å². The molecule has 0 saturated heterocycles. The molecule has 0 atom stereocenters. The van der Waals surface area contributed by atoms with Crippen molar-refractivity contribution >= 4 is 11.6 Å². The van der Waals surface area contributed by atoms with Crippen LogP contribution in [0.15, 0.2) is 48.5 Å². The minimum atomic E-state index is -0.426. The fourth-order valence-electron chi connectivity index (χ4n) is 2.44. The molecule has 6 heteroatoms. The van der Waals surface area contributed by atoms with E-state index in [1.807, 2.05) is 19.1 Å². The molecular formula is C20H18ClFN2O2. The Morgan fingerprint density at radius 3 is 2.62 bits per heavy atom. The monoisotopic (exact) mass is 372 g/mol. The third-order valence-corrected chi connectivity index (χ3v) is 4.04. The van der Waals surface area contributed by atoms with E-state index < -0.39 is 5.82 Å².